The van der Waals surface area contributed by atoms with E-state index >= 15 is 0 Å². The molecule has 1 atom stereocenters. The lowest BCUT2D eigenvalue weighted by Gasteiger charge is -2.32. The molecule has 0 aliphatic heterocycles. The number of nitrogens with zero attached hydrogens (tertiary/aromatic N) is 1. The molecule has 1 aromatic carbocycles. The first-order valence-electron chi connectivity index (χ1n) is 4.33. The second-order valence-electron chi connectivity index (χ2n) is 3.75. The van der Waals surface area contributed by atoms with Gasteiger partial charge in [0.1, 0.15) is 11.7 Å². The van der Waals surface area contributed by atoms with Gasteiger partial charge in [0.2, 0.25) is 5.60 Å². The first-order valence-corrected chi connectivity index (χ1v) is 4.33. The van der Waals surface area contributed by atoms with E-state index in [0.29, 0.717) is 5.56 Å². The molecule has 0 fully saturated rings. The first kappa shape index (κ1) is 10.7. The smallest absolute Gasteiger partial charge is 0.205 e. The van der Waals surface area contributed by atoms with Crippen LogP contribution in [0.5, 0.6) is 0 Å². The third kappa shape index (κ3) is 1.63. The Morgan fingerprint density at radius 2 is 1.64 bits per heavy atom. The van der Waals surface area contributed by atoms with Crippen LogP contribution in [0, 0.1) is 11.3 Å². The van der Waals surface area contributed by atoms with Gasteiger partial charge in [-0.3, -0.25) is 0 Å². The fraction of sp³-hybridized carbons (Fsp3) is 0.364. The van der Waals surface area contributed by atoms with E-state index < -0.39 is 11.2 Å². The van der Waals surface area contributed by atoms with Gasteiger partial charge in [0.05, 0.1) is 0 Å². The summed E-state index contributed by atoms with van der Waals surface area (Å²) in [6.07, 6.45) is 0. The monoisotopic (exact) mass is 191 g/mol. The Bertz CT molecular complexity index is 348. The summed E-state index contributed by atoms with van der Waals surface area (Å²) in [5, 5.41) is 28.6. The summed E-state index contributed by atoms with van der Waals surface area (Å²) in [6.45, 7) is 2.81. The minimum Gasteiger partial charge on any atom is -0.386 e. The summed E-state index contributed by atoms with van der Waals surface area (Å²) >= 11 is 0. The Kier molecular flexibility index (Phi) is 2.61. The molecular formula is C11H13NO2. The maximum absolute atomic E-state index is 10.0. The molecule has 1 rings (SSSR count). The van der Waals surface area contributed by atoms with Crippen LogP contribution in [0.4, 0.5) is 0 Å². The van der Waals surface area contributed by atoms with Crippen molar-refractivity contribution in [3.8, 4) is 6.07 Å². The largest absolute Gasteiger partial charge is 0.386 e. The van der Waals surface area contributed by atoms with E-state index in [0.717, 1.165) is 0 Å². The highest BCUT2D eigenvalue weighted by Gasteiger charge is 2.44. The highest BCUT2D eigenvalue weighted by molar-refractivity contribution is 5.32. The lowest BCUT2D eigenvalue weighted by Crippen LogP contribution is -2.46. The topological polar surface area (TPSA) is 64.2 Å². The highest BCUT2D eigenvalue weighted by atomic mass is 16.4. The average molecular weight is 191 g/mol. The van der Waals surface area contributed by atoms with Crippen molar-refractivity contribution in [2.75, 3.05) is 0 Å². The molecule has 0 heterocycles. The summed E-state index contributed by atoms with van der Waals surface area (Å²) in [5.41, 5.74) is -2.97. The van der Waals surface area contributed by atoms with Crippen LogP contribution in [0.1, 0.15) is 19.4 Å². The molecular weight excluding hydrogens is 178 g/mol. The Balaban J connectivity index is 3.25. The zero-order chi connectivity index (χ0) is 10.8. The summed E-state index contributed by atoms with van der Waals surface area (Å²) in [7, 11) is 0. The highest BCUT2D eigenvalue weighted by Crippen LogP contribution is 2.31. The van der Waals surface area contributed by atoms with Crippen LogP contribution in [0.25, 0.3) is 0 Å². The number of rotatable bonds is 2. The second-order valence-corrected chi connectivity index (χ2v) is 3.75. The Morgan fingerprint density at radius 1 is 1.14 bits per heavy atom. The van der Waals surface area contributed by atoms with Crippen molar-refractivity contribution in [2.45, 2.75) is 25.0 Å². The molecule has 1 aromatic rings. The zero-order valence-corrected chi connectivity index (χ0v) is 8.23. The number of aliphatic hydroxyl groups is 2. The SMILES string of the molecule is CC(C)(O)C(O)(C#N)c1ccccc1. The normalized spacial score (nSPS) is 15.6. The summed E-state index contributed by atoms with van der Waals surface area (Å²) < 4.78 is 0. The number of hydrogen-bond acceptors (Lipinski definition) is 3. The van der Waals surface area contributed by atoms with Crippen LogP contribution in [0.2, 0.25) is 0 Å². The van der Waals surface area contributed by atoms with Crippen LogP contribution >= 0.6 is 0 Å². The Labute approximate surface area is 83.2 Å². The fourth-order valence-corrected chi connectivity index (χ4v) is 1.23. The lowest BCUT2D eigenvalue weighted by molar-refractivity contribution is -0.0995. The molecule has 0 saturated carbocycles. The fourth-order valence-electron chi connectivity index (χ4n) is 1.23. The van der Waals surface area contributed by atoms with Gasteiger partial charge >= 0.3 is 0 Å². The van der Waals surface area contributed by atoms with Crippen molar-refractivity contribution in [1.29, 1.82) is 5.26 Å². The minimum atomic E-state index is -1.87. The van der Waals surface area contributed by atoms with Crippen molar-refractivity contribution < 1.29 is 10.2 Å². The third-order valence-electron chi connectivity index (χ3n) is 2.24. The lowest BCUT2D eigenvalue weighted by atomic mass is 9.81. The molecule has 3 heteroatoms. The van der Waals surface area contributed by atoms with Gasteiger partial charge in [0.25, 0.3) is 0 Å². The van der Waals surface area contributed by atoms with Gasteiger partial charge in [-0.25, -0.2) is 0 Å². The summed E-state index contributed by atoms with van der Waals surface area (Å²) in [4.78, 5) is 0. The van der Waals surface area contributed by atoms with Crippen LogP contribution in [-0.2, 0) is 5.60 Å². The van der Waals surface area contributed by atoms with Crippen molar-refractivity contribution >= 4 is 0 Å². The van der Waals surface area contributed by atoms with Crippen molar-refractivity contribution in [1.82, 2.24) is 0 Å². The maximum Gasteiger partial charge on any atom is 0.205 e. The summed E-state index contributed by atoms with van der Waals surface area (Å²) in [6, 6.07) is 10.2. The van der Waals surface area contributed by atoms with Crippen LogP contribution in [0.3, 0.4) is 0 Å². The van der Waals surface area contributed by atoms with Crippen molar-refractivity contribution in [3.05, 3.63) is 35.9 Å². The van der Waals surface area contributed by atoms with Gasteiger partial charge in [0, 0.05) is 5.56 Å². The van der Waals surface area contributed by atoms with Crippen molar-refractivity contribution in [2.24, 2.45) is 0 Å². The average Bonchev–Trinajstić information content (AvgIpc) is 2.16. The molecule has 3 nitrogen and oxygen atoms in total. The molecule has 0 aliphatic carbocycles. The number of benzene rings is 1. The molecule has 0 amide bonds. The van der Waals surface area contributed by atoms with Gasteiger partial charge in [-0.1, -0.05) is 30.3 Å². The Hall–Kier alpha value is -1.37. The van der Waals surface area contributed by atoms with Crippen LogP contribution < -0.4 is 0 Å². The van der Waals surface area contributed by atoms with E-state index in [2.05, 4.69) is 0 Å². The minimum absolute atomic E-state index is 0.398. The molecule has 0 spiro atoms. The van der Waals surface area contributed by atoms with Crippen molar-refractivity contribution in [3.63, 3.8) is 0 Å². The van der Waals surface area contributed by atoms with Crippen LogP contribution in [0.15, 0.2) is 30.3 Å². The van der Waals surface area contributed by atoms with E-state index in [4.69, 9.17) is 5.26 Å². The standard InChI is InChI=1S/C11H13NO2/c1-10(2,13)11(14,8-12)9-6-4-3-5-7-9/h3-7,13-14H,1-2H3. The Morgan fingerprint density at radius 3 is 2.00 bits per heavy atom. The molecule has 0 aliphatic rings. The van der Waals surface area contributed by atoms with E-state index in [-0.39, 0.29) is 0 Å². The molecule has 1 unspecified atom stereocenters. The molecule has 14 heavy (non-hydrogen) atoms. The first-order chi connectivity index (χ1) is 6.42. The molecule has 0 radical (unpaired) electrons. The zero-order valence-electron chi connectivity index (χ0n) is 8.23. The van der Waals surface area contributed by atoms with Gasteiger partial charge in [-0.05, 0) is 13.8 Å². The number of nitriles is 1. The van der Waals surface area contributed by atoms with Gasteiger partial charge in [-0.2, -0.15) is 5.26 Å². The van der Waals surface area contributed by atoms with E-state index in [1.807, 2.05) is 0 Å². The maximum atomic E-state index is 10.0. The number of hydrogen-bond donors (Lipinski definition) is 2. The van der Waals surface area contributed by atoms with E-state index in [1.165, 1.54) is 13.8 Å². The van der Waals surface area contributed by atoms with Gasteiger partial charge < -0.3 is 10.2 Å². The van der Waals surface area contributed by atoms with Gasteiger partial charge in [-0.15, -0.1) is 0 Å². The van der Waals surface area contributed by atoms with Gasteiger partial charge in [0.15, 0.2) is 0 Å². The summed E-state index contributed by atoms with van der Waals surface area (Å²) in [5.74, 6) is 0. The predicted molar refractivity (Wildman–Crippen MR) is 52.2 cm³/mol. The molecule has 2 N–H and O–H groups in total. The third-order valence-corrected chi connectivity index (χ3v) is 2.24. The molecule has 0 aromatic heterocycles. The molecule has 0 saturated heterocycles. The predicted octanol–water partition coefficient (Wildman–Crippen LogP) is 1.17. The quantitative estimate of drug-likeness (QED) is 0.690. The molecule has 74 valence electrons. The molecule has 0 bridgehead atoms. The second kappa shape index (κ2) is 3.41. The van der Waals surface area contributed by atoms with E-state index in [9.17, 15) is 10.2 Å². The van der Waals surface area contributed by atoms with Crippen LogP contribution in [-0.4, -0.2) is 15.8 Å². The van der Waals surface area contributed by atoms with E-state index in [1.54, 1.807) is 36.4 Å².